The van der Waals surface area contributed by atoms with E-state index in [1.807, 2.05) is 0 Å². The molecule has 4 bridgehead atoms. The summed E-state index contributed by atoms with van der Waals surface area (Å²) in [4.78, 5) is 21.7. The molecule has 4 fully saturated rings. The third kappa shape index (κ3) is 2.22. The van der Waals surface area contributed by atoms with E-state index in [0.717, 1.165) is 37.0 Å². The van der Waals surface area contributed by atoms with E-state index in [0.29, 0.717) is 0 Å². The van der Waals surface area contributed by atoms with Crippen molar-refractivity contribution >= 4 is 11.9 Å². The summed E-state index contributed by atoms with van der Waals surface area (Å²) in [5.41, 5.74) is -0.624. The van der Waals surface area contributed by atoms with Gasteiger partial charge in [0.05, 0.1) is 0 Å². The molecule has 4 saturated carbocycles. The van der Waals surface area contributed by atoms with Crippen LogP contribution in [0.4, 0.5) is 0 Å². The lowest BCUT2D eigenvalue weighted by Crippen LogP contribution is -2.57. The summed E-state index contributed by atoms with van der Waals surface area (Å²) in [5, 5.41) is 20.9. The van der Waals surface area contributed by atoms with Crippen molar-refractivity contribution in [1.29, 1.82) is 0 Å². The number of rotatable bonds is 4. The maximum absolute atomic E-state index is 10.9. The fourth-order valence-corrected chi connectivity index (χ4v) is 4.73. The Balaban J connectivity index is 1.77. The van der Waals surface area contributed by atoms with E-state index < -0.39 is 17.5 Å². The molecule has 0 aromatic carbocycles. The van der Waals surface area contributed by atoms with Crippen LogP contribution in [0.5, 0.6) is 0 Å². The van der Waals surface area contributed by atoms with Crippen LogP contribution < -0.4 is 5.32 Å². The fourth-order valence-electron chi connectivity index (χ4n) is 4.73. The van der Waals surface area contributed by atoms with E-state index in [1.165, 1.54) is 25.5 Å². The molecule has 0 spiro atoms. The van der Waals surface area contributed by atoms with Gasteiger partial charge in [-0.15, -0.1) is 0 Å². The van der Waals surface area contributed by atoms with Gasteiger partial charge >= 0.3 is 11.9 Å². The summed E-state index contributed by atoms with van der Waals surface area (Å²) in [6.45, 7) is 0. The minimum atomic E-state index is -1.38. The Morgan fingerprint density at radius 3 is 1.74 bits per heavy atom. The molecule has 0 aromatic heterocycles. The smallest absolute Gasteiger partial charge is 0.344 e. The maximum Gasteiger partial charge on any atom is 0.344 e. The largest absolute Gasteiger partial charge is 0.477 e. The highest BCUT2D eigenvalue weighted by molar-refractivity contribution is 6.12. The average Bonchev–Trinajstić information content (AvgIpc) is 2.25. The van der Waals surface area contributed by atoms with Crippen LogP contribution in [0.1, 0.15) is 38.5 Å². The molecule has 0 amide bonds. The van der Waals surface area contributed by atoms with Gasteiger partial charge in [0, 0.05) is 11.7 Å². The molecule has 104 valence electrons. The minimum Gasteiger partial charge on any atom is -0.477 e. The van der Waals surface area contributed by atoms with Gasteiger partial charge in [-0.1, -0.05) is 0 Å². The maximum atomic E-state index is 10.9. The minimum absolute atomic E-state index is 0.0507. The van der Waals surface area contributed by atoms with E-state index in [1.54, 1.807) is 0 Å². The molecule has 5 heteroatoms. The number of carboxylic acid groups (broad SMARTS) is 2. The number of hydrogen-bond acceptors (Lipinski definition) is 3. The van der Waals surface area contributed by atoms with Crippen LogP contribution in [0.25, 0.3) is 0 Å². The first-order chi connectivity index (χ1) is 8.97. The standard InChI is InChI=1S/C14H19NO4/c16-12(17)11(13(18)19)7-15-14-4-8-1-9(5-14)3-10(2-8)6-14/h7-10,15H,1-6H2,(H,16,17)(H,18,19). The second-order valence-electron chi connectivity index (χ2n) is 6.51. The van der Waals surface area contributed by atoms with E-state index in [9.17, 15) is 9.59 Å². The van der Waals surface area contributed by atoms with Crippen LogP contribution in [0.15, 0.2) is 11.8 Å². The van der Waals surface area contributed by atoms with Gasteiger partial charge in [-0.3, -0.25) is 0 Å². The van der Waals surface area contributed by atoms with Crippen LogP contribution >= 0.6 is 0 Å². The van der Waals surface area contributed by atoms with Crippen LogP contribution in [-0.2, 0) is 9.59 Å². The Labute approximate surface area is 111 Å². The van der Waals surface area contributed by atoms with Gasteiger partial charge in [0.2, 0.25) is 0 Å². The molecular formula is C14H19NO4. The van der Waals surface area contributed by atoms with Crippen molar-refractivity contribution in [2.75, 3.05) is 0 Å². The first kappa shape index (κ1) is 12.5. The van der Waals surface area contributed by atoms with Gasteiger partial charge in [-0.25, -0.2) is 9.59 Å². The monoisotopic (exact) mass is 265 g/mol. The summed E-state index contributed by atoms with van der Waals surface area (Å²) >= 11 is 0. The van der Waals surface area contributed by atoms with Crippen molar-refractivity contribution in [2.24, 2.45) is 17.8 Å². The molecule has 3 N–H and O–H groups in total. The summed E-state index contributed by atoms with van der Waals surface area (Å²) in [7, 11) is 0. The van der Waals surface area contributed by atoms with E-state index in [-0.39, 0.29) is 5.54 Å². The van der Waals surface area contributed by atoms with Crippen LogP contribution in [0.2, 0.25) is 0 Å². The molecule has 0 unspecified atom stereocenters. The Hall–Kier alpha value is -1.52. The average molecular weight is 265 g/mol. The molecule has 19 heavy (non-hydrogen) atoms. The molecule has 4 aliphatic carbocycles. The second-order valence-corrected chi connectivity index (χ2v) is 6.51. The van der Waals surface area contributed by atoms with Gasteiger partial charge < -0.3 is 15.5 Å². The molecule has 4 aliphatic rings. The quantitative estimate of drug-likeness (QED) is 0.408. The molecule has 0 radical (unpaired) electrons. The lowest BCUT2D eigenvalue weighted by atomic mass is 9.53. The lowest BCUT2D eigenvalue weighted by Gasteiger charge is -2.56. The molecule has 0 atom stereocenters. The highest BCUT2D eigenvalue weighted by Gasteiger charge is 2.50. The van der Waals surface area contributed by atoms with Gasteiger partial charge in [-0.05, 0) is 56.3 Å². The zero-order valence-electron chi connectivity index (χ0n) is 10.8. The summed E-state index contributed by atoms with van der Waals surface area (Å²) in [6.07, 6.45) is 8.28. The van der Waals surface area contributed by atoms with Crippen molar-refractivity contribution in [3.8, 4) is 0 Å². The number of carbonyl (C=O) groups is 2. The van der Waals surface area contributed by atoms with Crippen molar-refractivity contribution in [1.82, 2.24) is 5.32 Å². The normalized spacial score (nSPS) is 38.8. The molecular weight excluding hydrogens is 246 g/mol. The Morgan fingerprint density at radius 1 is 0.947 bits per heavy atom. The first-order valence-corrected chi connectivity index (χ1v) is 6.92. The van der Waals surface area contributed by atoms with Gasteiger partial charge in [0.15, 0.2) is 5.57 Å². The number of nitrogens with one attached hydrogen (secondary N) is 1. The molecule has 0 heterocycles. The Morgan fingerprint density at radius 2 is 1.37 bits per heavy atom. The SMILES string of the molecule is O=C(O)C(=CNC12CC3CC(CC(C3)C1)C2)C(=O)O. The molecule has 5 nitrogen and oxygen atoms in total. The third-order valence-electron chi connectivity index (χ3n) is 5.02. The molecule has 4 rings (SSSR count). The molecule has 0 aliphatic heterocycles. The van der Waals surface area contributed by atoms with Crippen molar-refractivity contribution < 1.29 is 19.8 Å². The number of carboxylic acids is 2. The second kappa shape index (κ2) is 4.25. The molecule has 0 saturated heterocycles. The first-order valence-electron chi connectivity index (χ1n) is 6.92. The summed E-state index contributed by atoms with van der Waals surface area (Å²) in [6, 6.07) is 0. The topological polar surface area (TPSA) is 86.6 Å². The van der Waals surface area contributed by atoms with Crippen molar-refractivity contribution in [2.45, 2.75) is 44.1 Å². The van der Waals surface area contributed by atoms with Crippen molar-refractivity contribution in [3.63, 3.8) is 0 Å². The highest BCUT2D eigenvalue weighted by atomic mass is 16.4. The number of aliphatic carboxylic acids is 2. The van der Waals surface area contributed by atoms with Crippen LogP contribution in [0, 0.1) is 17.8 Å². The van der Waals surface area contributed by atoms with E-state index in [2.05, 4.69) is 5.32 Å². The number of hydrogen-bond donors (Lipinski definition) is 3. The fraction of sp³-hybridized carbons (Fsp3) is 0.714. The van der Waals surface area contributed by atoms with Crippen LogP contribution in [0.3, 0.4) is 0 Å². The lowest BCUT2D eigenvalue weighted by molar-refractivity contribution is -0.140. The summed E-state index contributed by atoms with van der Waals surface area (Å²) < 4.78 is 0. The third-order valence-corrected chi connectivity index (χ3v) is 5.02. The molecule has 0 aromatic rings. The predicted molar refractivity (Wildman–Crippen MR) is 67.4 cm³/mol. The summed E-state index contributed by atoms with van der Waals surface area (Å²) in [5.74, 6) is -0.546. The predicted octanol–water partition coefficient (Wildman–Crippen LogP) is 1.60. The van der Waals surface area contributed by atoms with Gasteiger partial charge in [-0.2, -0.15) is 0 Å². The Kier molecular flexibility index (Phi) is 2.80. The zero-order chi connectivity index (χ0) is 13.6. The van der Waals surface area contributed by atoms with Gasteiger partial charge in [0.25, 0.3) is 0 Å². The van der Waals surface area contributed by atoms with Crippen LogP contribution in [-0.4, -0.2) is 27.7 Å². The Bertz CT molecular complexity index is 403. The van der Waals surface area contributed by atoms with E-state index in [4.69, 9.17) is 10.2 Å². The van der Waals surface area contributed by atoms with Gasteiger partial charge in [0.1, 0.15) is 0 Å². The zero-order valence-corrected chi connectivity index (χ0v) is 10.8. The van der Waals surface area contributed by atoms with Crippen molar-refractivity contribution in [3.05, 3.63) is 11.8 Å². The highest BCUT2D eigenvalue weighted by Crippen LogP contribution is 2.55. The van der Waals surface area contributed by atoms with E-state index >= 15 is 0 Å².